The number of anilines is 1. The molecule has 4 nitrogen and oxygen atoms in total. The number of methoxy groups -OCH3 is 1. The predicted molar refractivity (Wildman–Crippen MR) is 78.5 cm³/mol. The zero-order valence-corrected chi connectivity index (χ0v) is 12.1. The zero-order chi connectivity index (χ0) is 13.8. The summed E-state index contributed by atoms with van der Waals surface area (Å²) < 4.78 is 7.16. The van der Waals surface area contributed by atoms with Crippen LogP contribution >= 0.6 is 11.6 Å². The number of nitrogens with one attached hydrogen (secondary N) is 1. The van der Waals surface area contributed by atoms with Crippen LogP contribution in [0.4, 0.5) is 5.95 Å². The van der Waals surface area contributed by atoms with E-state index in [2.05, 4.69) is 24.1 Å². The van der Waals surface area contributed by atoms with Gasteiger partial charge in [0.15, 0.2) is 0 Å². The van der Waals surface area contributed by atoms with E-state index in [1.807, 2.05) is 29.0 Å². The molecule has 0 aliphatic heterocycles. The summed E-state index contributed by atoms with van der Waals surface area (Å²) in [7, 11) is 1.64. The molecule has 2 rings (SSSR count). The lowest BCUT2D eigenvalue weighted by Crippen LogP contribution is -2.12. The number of ether oxygens (including phenoxy) is 1. The lowest BCUT2D eigenvalue weighted by Gasteiger charge is -2.13. The highest BCUT2D eigenvalue weighted by atomic mass is 35.5. The van der Waals surface area contributed by atoms with Crippen molar-refractivity contribution in [3.63, 3.8) is 0 Å². The van der Waals surface area contributed by atoms with Crippen molar-refractivity contribution in [1.82, 2.24) is 9.55 Å². The summed E-state index contributed by atoms with van der Waals surface area (Å²) in [6.45, 7) is 5.16. The van der Waals surface area contributed by atoms with Crippen molar-refractivity contribution in [2.75, 3.05) is 19.0 Å². The smallest absolute Gasteiger partial charge is 0.207 e. The molecule has 0 fully saturated rings. The monoisotopic (exact) mass is 279 g/mol. The molecule has 5 heteroatoms. The van der Waals surface area contributed by atoms with Crippen LogP contribution in [0.15, 0.2) is 30.6 Å². The van der Waals surface area contributed by atoms with Crippen LogP contribution < -0.4 is 10.1 Å². The van der Waals surface area contributed by atoms with Crippen molar-refractivity contribution in [3.05, 3.63) is 35.6 Å². The maximum absolute atomic E-state index is 6.25. The van der Waals surface area contributed by atoms with Gasteiger partial charge in [0.05, 0.1) is 17.8 Å². The first kappa shape index (κ1) is 13.7. The number of nitrogens with zero attached hydrogens (tertiary/aromatic N) is 2. The Morgan fingerprint density at radius 3 is 2.89 bits per heavy atom. The zero-order valence-electron chi connectivity index (χ0n) is 11.4. The Morgan fingerprint density at radius 2 is 2.21 bits per heavy atom. The molecule has 0 amide bonds. The minimum absolute atomic E-state index is 0.547. The fourth-order valence-electron chi connectivity index (χ4n) is 1.73. The average Bonchev–Trinajstić information content (AvgIpc) is 2.85. The number of aromatic nitrogens is 2. The van der Waals surface area contributed by atoms with Gasteiger partial charge in [0, 0.05) is 25.0 Å². The minimum atomic E-state index is 0.547. The number of imidazole rings is 1. The summed E-state index contributed by atoms with van der Waals surface area (Å²) in [5, 5.41) is 3.97. The van der Waals surface area contributed by atoms with Crippen LogP contribution in [0.25, 0.3) is 5.69 Å². The van der Waals surface area contributed by atoms with Gasteiger partial charge in [-0.05, 0) is 18.1 Å². The van der Waals surface area contributed by atoms with Gasteiger partial charge in [-0.25, -0.2) is 4.98 Å². The standard InChI is InChI=1S/C14H18ClN3O/c1-10(2)9-17-14-16-6-7-18(14)13-8-11(19-3)4-5-12(13)15/h4-8,10H,9H2,1-3H3,(H,16,17). The molecular weight excluding hydrogens is 262 g/mol. The third kappa shape index (κ3) is 3.20. The molecule has 0 saturated carbocycles. The summed E-state index contributed by atoms with van der Waals surface area (Å²) in [5.74, 6) is 2.10. The highest BCUT2D eigenvalue weighted by Gasteiger charge is 2.09. The van der Waals surface area contributed by atoms with Gasteiger partial charge in [-0.3, -0.25) is 4.57 Å². The van der Waals surface area contributed by atoms with E-state index < -0.39 is 0 Å². The van der Waals surface area contributed by atoms with Crippen LogP contribution in [0.3, 0.4) is 0 Å². The molecule has 0 saturated heterocycles. The van der Waals surface area contributed by atoms with Gasteiger partial charge < -0.3 is 10.1 Å². The fourth-order valence-corrected chi connectivity index (χ4v) is 1.94. The van der Waals surface area contributed by atoms with Gasteiger partial charge in [-0.1, -0.05) is 25.4 Å². The second-order valence-corrected chi connectivity index (χ2v) is 5.12. The summed E-state index contributed by atoms with van der Waals surface area (Å²) in [5.41, 5.74) is 0.852. The first-order valence-electron chi connectivity index (χ1n) is 6.23. The second-order valence-electron chi connectivity index (χ2n) is 4.71. The maximum atomic E-state index is 6.25. The van der Waals surface area contributed by atoms with Gasteiger partial charge in [-0.15, -0.1) is 0 Å². The number of rotatable bonds is 5. The molecule has 0 unspecified atom stereocenters. The highest BCUT2D eigenvalue weighted by molar-refractivity contribution is 6.32. The molecule has 1 aromatic carbocycles. The third-order valence-corrected chi connectivity index (χ3v) is 3.04. The molecule has 0 aliphatic carbocycles. The van der Waals surface area contributed by atoms with Crippen LogP contribution in [-0.4, -0.2) is 23.2 Å². The molecule has 0 spiro atoms. The lowest BCUT2D eigenvalue weighted by atomic mass is 10.2. The first-order valence-corrected chi connectivity index (χ1v) is 6.60. The fraction of sp³-hybridized carbons (Fsp3) is 0.357. The van der Waals surface area contributed by atoms with Crippen molar-refractivity contribution in [2.45, 2.75) is 13.8 Å². The van der Waals surface area contributed by atoms with Gasteiger partial charge in [0.2, 0.25) is 5.95 Å². The number of hydrogen-bond acceptors (Lipinski definition) is 3. The third-order valence-electron chi connectivity index (χ3n) is 2.72. The van der Waals surface area contributed by atoms with E-state index in [4.69, 9.17) is 16.3 Å². The number of benzene rings is 1. The quantitative estimate of drug-likeness (QED) is 0.909. The van der Waals surface area contributed by atoms with Crippen LogP contribution in [0, 0.1) is 5.92 Å². The van der Waals surface area contributed by atoms with Gasteiger partial charge >= 0.3 is 0 Å². The van der Waals surface area contributed by atoms with Crippen LogP contribution in [0.2, 0.25) is 5.02 Å². The summed E-state index contributed by atoms with van der Waals surface area (Å²) in [6.07, 6.45) is 3.63. The van der Waals surface area contributed by atoms with Crippen molar-refractivity contribution in [1.29, 1.82) is 0 Å². The number of hydrogen-bond donors (Lipinski definition) is 1. The van der Waals surface area contributed by atoms with Gasteiger partial charge in [-0.2, -0.15) is 0 Å². The first-order chi connectivity index (χ1) is 9.11. The Balaban J connectivity index is 2.33. The highest BCUT2D eigenvalue weighted by Crippen LogP contribution is 2.27. The maximum Gasteiger partial charge on any atom is 0.207 e. The van der Waals surface area contributed by atoms with Crippen molar-refractivity contribution < 1.29 is 4.74 Å². The van der Waals surface area contributed by atoms with E-state index in [0.29, 0.717) is 10.9 Å². The molecule has 0 radical (unpaired) electrons. The topological polar surface area (TPSA) is 39.1 Å². The Hall–Kier alpha value is -1.68. The van der Waals surface area contributed by atoms with Gasteiger partial charge in [0.1, 0.15) is 5.75 Å². The Bertz CT molecular complexity index is 551. The Kier molecular flexibility index (Phi) is 4.32. The molecule has 0 aliphatic rings. The largest absolute Gasteiger partial charge is 0.497 e. The molecule has 0 bridgehead atoms. The van der Waals surface area contributed by atoms with Gasteiger partial charge in [0.25, 0.3) is 0 Å². The SMILES string of the molecule is COc1ccc(Cl)c(-n2ccnc2NCC(C)C)c1. The van der Waals surface area contributed by atoms with Crippen LogP contribution in [-0.2, 0) is 0 Å². The van der Waals surface area contributed by atoms with E-state index >= 15 is 0 Å². The van der Waals surface area contributed by atoms with Crippen LogP contribution in [0.1, 0.15) is 13.8 Å². The predicted octanol–water partition coefficient (Wildman–Crippen LogP) is 3.60. The molecule has 1 N–H and O–H groups in total. The summed E-state index contributed by atoms with van der Waals surface area (Å²) in [4.78, 5) is 4.31. The molecule has 2 aromatic rings. The van der Waals surface area contributed by atoms with Crippen molar-refractivity contribution in [3.8, 4) is 11.4 Å². The van der Waals surface area contributed by atoms with E-state index in [1.165, 1.54) is 0 Å². The summed E-state index contributed by atoms with van der Waals surface area (Å²) in [6, 6.07) is 5.55. The van der Waals surface area contributed by atoms with E-state index in [9.17, 15) is 0 Å². The Morgan fingerprint density at radius 1 is 1.42 bits per heavy atom. The van der Waals surface area contributed by atoms with E-state index in [1.54, 1.807) is 13.3 Å². The molecule has 19 heavy (non-hydrogen) atoms. The Labute approximate surface area is 118 Å². The minimum Gasteiger partial charge on any atom is -0.497 e. The number of halogens is 1. The van der Waals surface area contributed by atoms with Crippen molar-refractivity contribution >= 4 is 17.5 Å². The molecule has 0 atom stereocenters. The van der Waals surface area contributed by atoms with E-state index in [0.717, 1.165) is 23.9 Å². The second kappa shape index (κ2) is 5.97. The molecule has 102 valence electrons. The normalized spacial score (nSPS) is 10.8. The molecule has 1 heterocycles. The summed E-state index contributed by atoms with van der Waals surface area (Å²) >= 11 is 6.25. The lowest BCUT2D eigenvalue weighted by molar-refractivity contribution is 0.414. The molecule has 1 aromatic heterocycles. The van der Waals surface area contributed by atoms with E-state index in [-0.39, 0.29) is 0 Å². The molecular formula is C14H18ClN3O. The average molecular weight is 280 g/mol. The van der Waals surface area contributed by atoms with Crippen molar-refractivity contribution in [2.24, 2.45) is 5.92 Å². The van der Waals surface area contributed by atoms with Crippen LogP contribution in [0.5, 0.6) is 5.75 Å².